The molecule has 9 aromatic carbocycles. The van der Waals surface area contributed by atoms with Gasteiger partial charge in [-0.15, -0.1) is 0 Å². The molecule has 2 heteroatoms. The topological polar surface area (TPSA) is 9.86 Å². The predicted molar refractivity (Wildman–Crippen MR) is 233 cm³/mol. The predicted octanol–water partition coefficient (Wildman–Crippen LogP) is 14.4. The summed E-state index contributed by atoms with van der Waals surface area (Å²) in [6.07, 6.45) is 0. The summed E-state index contributed by atoms with van der Waals surface area (Å²) < 4.78 is 4.92. The standard InChI is InChI=1S/C52H38N2/c1-3-53-46-25-9-7-17-42(46)51-38(23-13-27-48(51)53)36-19-11-21-40-44(36)32-45-37(39-24-14-28-49-52(39)43-18-8-10-26-47(43)54(49)4-2)20-12-22-41(45)50(40)35-30-29-33-15-5-6-16-34(33)31-35/h5-32H,3-4H2,1-2H3. The Kier molecular flexibility index (Phi) is 6.84. The molecule has 0 saturated carbocycles. The number of hydrogen-bond acceptors (Lipinski definition) is 0. The van der Waals surface area contributed by atoms with Crippen LogP contribution in [0.25, 0.3) is 109 Å². The lowest BCUT2D eigenvalue weighted by Crippen LogP contribution is -1.93. The van der Waals surface area contributed by atoms with Gasteiger partial charge in [-0.2, -0.15) is 0 Å². The van der Waals surface area contributed by atoms with E-state index in [-0.39, 0.29) is 0 Å². The minimum atomic E-state index is 0.920. The van der Waals surface area contributed by atoms with Crippen molar-refractivity contribution in [2.75, 3.05) is 0 Å². The molecule has 54 heavy (non-hydrogen) atoms. The minimum absolute atomic E-state index is 0.920. The Labute approximate surface area is 314 Å². The molecule has 11 aromatic rings. The highest BCUT2D eigenvalue weighted by Crippen LogP contribution is 2.47. The summed E-state index contributed by atoms with van der Waals surface area (Å²) in [5.41, 5.74) is 12.7. The van der Waals surface area contributed by atoms with E-state index in [1.165, 1.54) is 109 Å². The van der Waals surface area contributed by atoms with E-state index < -0.39 is 0 Å². The van der Waals surface area contributed by atoms with Crippen LogP contribution in [0, 0.1) is 0 Å². The molecule has 0 bridgehead atoms. The Morgan fingerprint density at radius 3 is 1.33 bits per heavy atom. The van der Waals surface area contributed by atoms with Crippen LogP contribution >= 0.6 is 0 Å². The van der Waals surface area contributed by atoms with Crippen LogP contribution in [0.3, 0.4) is 0 Å². The number of rotatable bonds is 5. The maximum atomic E-state index is 2.50. The van der Waals surface area contributed by atoms with Crippen molar-refractivity contribution in [2.45, 2.75) is 26.9 Å². The van der Waals surface area contributed by atoms with Crippen LogP contribution < -0.4 is 0 Å². The second-order valence-corrected chi connectivity index (χ2v) is 14.5. The van der Waals surface area contributed by atoms with Crippen LogP contribution in [-0.2, 0) is 13.1 Å². The first kappa shape index (κ1) is 30.9. The van der Waals surface area contributed by atoms with Crippen LogP contribution in [0.5, 0.6) is 0 Å². The molecule has 256 valence electrons. The number of aryl methyl sites for hydroxylation is 2. The molecule has 0 aliphatic rings. The zero-order valence-corrected chi connectivity index (χ0v) is 30.5. The maximum Gasteiger partial charge on any atom is 0.0497 e. The average molecular weight is 691 g/mol. The fourth-order valence-electron chi connectivity index (χ4n) is 9.62. The molecule has 0 unspecified atom stereocenters. The van der Waals surface area contributed by atoms with E-state index in [4.69, 9.17) is 0 Å². The van der Waals surface area contributed by atoms with E-state index in [0.29, 0.717) is 0 Å². The van der Waals surface area contributed by atoms with Crippen molar-refractivity contribution >= 4 is 75.9 Å². The van der Waals surface area contributed by atoms with Gasteiger partial charge in [0, 0.05) is 56.7 Å². The number of hydrogen-bond donors (Lipinski definition) is 0. The Morgan fingerprint density at radius 1 is 0.333 bits per heavy atom. The molecular weight excluding hydrogens is 653 g/mol. The lowest BCUT2D eigenvalue weighted by atomic mass is 9.85. The Balaban J connectivity index is 1.30. The summed E-state index contributed by atoms with van der Waals surface area (Å²) in [6, 6.07) is 63.5. The smallest absolute Gasteiger partial charge is 0.0497 e. The van der Waals surface area contributed by atoms with Crippen LogP contribution in [0.15, 0.2) is 170 Å². The second kappa shape index (κ2) is 11.9. The molecule has 0 N–H and O–H groups in total. The van der Waals surface area contributed by atoms with Crippen molar-refractivity contribution in [2.24, 2.45) is 0 Å². The molecule has 0 aliphatic carbocycles. The number of nitrogens with zero attached hydrogens (tertiary/aromatic N) is 2. The molecule has 0 atom stereocenters. The quantitative estimate of drug-likeness (QED) is 0.159. The van der Waals surface area contributed by atoms with Gasteiger partial charge in [-0.25, -0.2) is 0 Å². The summed E-state index contributed by atoms with van der Waals surface area (Å²) in [5.74, 6) is 0. The van der Waals surface area contributed by atoms with Crippen LogP contribution in [0.4, 0.5) is 0 Å². The van der Waals surface area contributed by atoms with Crippen LogP contribution in [0.2, 0.25) is 0 Å². The van der Waals surface area contributed by atoms with Crippen molar-refractivity contribution in [1.82, 2.24) is 9.13 Å². The van der Waals surface area contributed by atoms with Crippen molar-refractivity contribution in [1.29, 1.82) is 0 Å². The fourth-order valence-corrected chi connectivity index (χ4v) is 9.62. The first-order chi connectivity index (χ1) is 26.7. The highest BCUT2D eigenvalue weighted by Gasteiger charge is 2.21. The van der Waals surface area contributed by atoms with E-state index in [9.17, 15) is 0 Å². The maximum absolute atomic E-state index is 2.50. The van der Waals surface area contributed by atoms with Gasteiger partial charge in [-0.1, -0.05) is 133 Å². The summed E-state index contributed by atoms with van der Waals surface area (Å²) in [5, 5.41) is 12.8. The largest absolute Gasteiger partial charge is 0.341 e. The van der Waals surface area contributed by atoms with Crippen molar-refractivity contribution in [3.05, 3.63) is 170 Å². The number of benzene rings is 9. The van der Waals surface area contributed by atoms with Crippen LogP contribution in [0.1, 0.15) is 13.8 Å². The van der Waals surface area contributed by atoms with Gasteiger partial charge in [-0.05, 0) is 116 Å². The molecule has 0 saturated heterocycles. The SMILES string of the molecule is CCn1c2ccccc2c2c(-c3cccc4c(-c5ccc6ccccc6c5)c5cccc(-c6cccc7c6c6ccccc6n7CC)c5cc34)cccc21. The first-order valence-corrected chi connectivity index (χ1v) is 19.2. The normalized spacial score (nSPS) is 12.0. The fraction of sp³-hybridized carbons (Fsp3) is 0.0769. The van der Waals surface area contributed by atoms with Gasteiger partial charge >= 0.3 is 0 Å². The van der Waals surface area contributed by atoms with Crippen molar-refractivity contribution < 1.29 is 0 Å². The molecule has 0 radical (unpaired) electrons. The van der Waals surface area contributed by atoms with E-state index in [1.807, 2.05) is 0 Å². The third-order valence-electron chi connectivity index (χ3n) is 11.9. The highest BCUT2D eigenvalue weighted by molar-refractivity contribution is 6.24. The van der Waals surface area contributed by atoms with E-state index in [2.05, 4.69) is 193 Å². The molecule has 2 aromatic heterocycles. The van der Waals surface area contributed by atoms with Gasteiger partial charge < -0.3 is 9.13 Å². The van der Waals surface area contributed by atoms with E-state index >= 15 is 0 Å². The van der Waals surface area contributed by atoms with E-state index in [0.717, 1.165) is 13.1 Å². The van der Waals surface area contributed by atoms with E-state index in [1.54, 1.807) is 0 Å². The molecule has 11 rings (SSSR count). The lowest BCUT2D eigenvalue weighted by Gasteiger charge is -2.18. The van der Waals surface area contributed by atoms with Crippen molar-refractivity contribution in [3.63, 3.8) is 0 Å². The van der Waals surface area contributed by atoms with Gasteiger partial charge in [-0.3, -0.25) is 0 Å². The summed E-state index contributed by atoms with van der Waals surface area (Å²) in [7, 11) is 0. The first-order valence-electron chi connectivity index (χ1n) is 19.2. The molecule has 2 heterocycles. The average Bonchev–Trinajstić information content (AvgIpc) is 3.74. The Morgan fingerprint density at radius 2 is 0.778 bits per heavy atom. The third kappa shape index (κ3) is 4.34. The Hall–Kier alpha value is -6.64. The van der Waals surface area contributed by atoms with Gasteiger partial charge in [0.05, 0.1) is 0 Å². The molecule has 2 nitrogen and oxygen atoms in total. The number of aromatic nitrogens is 2. The molecule has 0 fully saturated rings. The van der Waals surface area contributed by atoms with Gasteiger partial charge in [0.2, 0.25) is 0 Å². The van der Waals surface area contributed by atoms with Gasteiger partial charge in [0.1, 0.15) is 0 Å². The lowest BCUT2D eigenvalue weighted by molar-refractivity contribution is 0.827. The molecule has 0 spiro atoms. The van der Waals surface area contributed by atoms with Crippen LogP contribution in [-0.4, -0.2) is 9.13 Å². The Bertz CT molecular complexity index is 3120. The minimum Gasteiger partial charge on any atom is -0.341 e. The third-order valence-corrected chi connectivity index (χ3v) is 11.9. The van der Waals surface area contributed by atoms with Crippen molar-refractivity contribution in [3.8, 4) is 33.4 Å². The second-order valence-electron chi connectivity index (χ2n) is 14.5. The zero-order valence-electron chi connectivity index (χ0n) is 30.5. The number of para-hydroxylation sites is 2. The molecule has 0 aliphatic heterocycles. The molecule has 0 amide bonds. The van der Waals surface area contributed by atoms with Gasteiger partial charge in [0.25, 0.3) is 0 Å². The molecular formula is C52H38N2. The zero-order chi connectivity index (χ0) is 35.9. The van der Waals surface area contributed by atoms with Gasteiger partial charge in [0.15, 0.2) is 0 Å². The summed E-state index contributed by atoms with van der Waals surface area (Å²) in [4.78, 5) is 0. The summed E-state index contributed by atoms with van der Waals surface area (Å²) >= 11 is 0. The number of fused-ring (bicyclic) bond motifs is 9. The summed E-state index contributed by atoms with van der Waals surface area (Å²) in [6.45, 7) is 6.34. The highest BCUT2D eigenvalue weighted by atomic mass is 15.0. The monoisotopic (exact) mass is 690 g/mol.